The Morgan fingerprint density at radius 3 is 2.76 bits per heavy atom. The second-order valence-electron chi connectivity index (χ2n) is 4.61. The van der Waals surface area contributed by atoms with E-state index in [1.807, 2.05) is 0 Å². The van der Waals surface area contributed by atoms with Crippen LogP contribution in [0.15, 0.2) is 28.7 Å². The number of furan rings is 1. The zero-order chi connectivity index (χ0) is 12.0. The Hall–Kier alpha value is -1.68. The highest BCUT2D eigenvalue weighted by Gasteiger charge is 2.42. The van der Waals surface area contributed by atoms with E-state index >= 15 is 0 Å². The third kappa shape index (κ3) is 1.48. The molecule has 4 heteroatoms. The number of hydrogen-bond acceptors (Lipinski definition) is 3. The molecule has 1 aromatic carbocycles. The van der Waals surface area contributed by atoms with E-state index in [4.69, 9.17) is 10.2 Å². The summed E-state index contributed by atoms with van der Waals surface area (Å²) in [6.07, 6.45) is 2.30. The van der Waals surface area contributed by atoms with Crippen LogP contribution >= 0.6 is 0 Å². The second kappa shape index (κ2) is 3.40. The van der Waals surface area contributed by atoms with Gasteiger partial charge in [0.2, 0.25) is 5.78 Å². The van der Waals surface area contributed by atoms with E-state index < -0.39 is 11.4 Å². The molecule has 0 radical (unpaired) electrons. The van der Waals surface area contributed by atoms with Crippen molar-refractivity contribution in [1.29, 1.82) is 0 Å². The average molecular weight is 233 g/mol. The Bertz CT molecular complexity index is 598. The lowest BCUT2D eigenvalue weighted by Crippen LogP contribution is -2.53. The van der Waals surface area contributed by atoms with E-state index in [0.717, 1.165) is 6.42 Å². The SMILES string of the molecule is NC1(C(=O)c2cc3cccc(F)c3o2)CCC1. The van der Waals surface area contributed by atoms with Crippen LogP contribution in [-0.4, -0.2) is 11.3 Å². The number of benzene rings is 1. The van der Waals surface area contributed by atoms with Crippen LogP contribution in [-0.2, 0) is 0 Å². The van der Waals surface area contributed by atoms with Crippen molar-refractivity contribution in [1.82, 2.24) is 0 Å². The van der Waals surface area contributed by atoms with Crippen molar-refractivity contribution in [2.24, 2.45) is 5.73 Å². The van der Waals surface area contributed by atoms with Crippen LogP contribution in [0.3, 0.4) is 0 Å². The number of rotatable bonds is 2. The van der Waals surface area contributed by atoms with Gasteiger partial charge in [0.05, 0.1) is 5.54 Å². The maximum atomic E-state index is 13.4. The van der Waals surface area contributed by atoms with Gasteiger partial charge in [-0.3, -0.25) is 4.79 Å². The fraction of sp³-hybridized carbons (Fsp3) is 0.308. The molecule has 1 aliphatic carbocycles. The summed E-state index contributed by atoms with van der Waals surface area (Å²) in [6, 6.07) is 6.17. The first-order chi connectivity index (χ1) is 8.10. The highest BCUT2D eigenvalue weighted by atomic mass is 19.1. The molecule has 2 N–H and O–H groups in total. The molecule has 1 fully saturated rings. The molecule has 0 unspecified atom stereocenters. The zero-order valence-corrected chi connectivity index (χ0v) is 9.20. The minimum atomic E-state index is -0.801. The summed E-state index contributed by atoms with van der Waals surface area (Å²) in [4.78, 5) is 12.1. The molecule has 1 aliphatic rings. The van der Waals surface area contributed by atoms with E-state index in [-0.39, 0.29) is 17.1 Å². The number of Topliss-reactive ketones (excluding diaryl/α,β-unsaturated/α-hetero) is 1. The molecule has 1 aromatic heterocycles. The maximum Gasteiger partial charge on any atom is 0.217 e. The zero-order valence-electron chi connectivity index (χ0n) is 9.20. The lowest BCUT2D eigenvalue weighted by molar-refractivity contribution is 0.0772. The molecular formula is C13H12FNO2. The van der Waals surface area contributed by atoms with Crippen LogP contribution in [0.2, 0.25) is 0 Å². The molecule has 17 heavy (non-hydrogen) atoms. The predicted molar refractivity (Wildman–Crippen MR) is 61.3 cm³/mol. The normalized spacial score (nSPS) is 18.0. The Labute approximate surface area is 97.4 Å². The Morgan fingerprint density at radius 2 is 2.18 bits per heavy atom. The van der Waals surface area contributed by atoms with Gasteiger partial charge in [0.15, 0.2) is 17.2 Å². The van der Waals surface area contributed by atoms with Crippen molar-refractivity contribution in [3.63, 3.8) is 0 Å². The van der Waals surface area contributed by atoms with Crippen molar-refractivity contribution in [3.8, 4) is 0 Å². The monoisotopic (exact) mass is 233 g/mol. The number of halogens is 1. The summed E-state index contributed by atoms with van der Waals surface area (Å²) in [7, 11) is 0. The molecule has 3 rings (SSSR count). The van der Waals surface area contributed by atoms with Crippen molar-refractivity contribution in [2.45, 2.75) is 24.8 Å². The average Bonchev–Trinajstić information content (AvgIpc) is 2.70. The molecule has 0 atom stereocenters. The third-order valence-corrected chi connectivity index (χ3v) is 3.42. The number of nitrogens with two attached hydrogens (primary N) is 1. The van der Waals surface area contributed by atoms with Gasteiger partial charge in [0.25, 0.3) is 0 Å². The largest absolute Gasteiger partial charge is 0.450 e. The number of carbonyl (C=O) groups is 1. The van der Waals surface area contributed by atoms with Crippen LogP contribution in [0, 0.1) is 5.82 Å². The first-order valence-electron chi connectivity index (χ1n) is 5.62. The molecule has 2 aromatic rings. The van der Waals surface area contributed by atoms with Crippen LogP contribution in [0.5, 0.6) is 0 Å². The van der Waals surface area contributed by atoms with E-state index in [1.54, 1.807) is 18.2 Å². The van der Waals surface area contributed by atoms with E-state index in [9.17, 15) is 9.18 Å². The van der Waals surface area contributed by atoms with E-state index in [2.05, 4.69) is 0 Å². The van der Waals surface area contributed by atoms with Gasteiger partial charge in [0, 0.05) is 5.39 Å². The molecule has 1 heterocycles. The third-order valence-electron chi connectivity index (χ3n) is 3.42. The van der Waals surface area contributed by atoms with Crippen molar-refractivity contribution in [2.75, 3.05) is 0 Å². The first-order valence-corrected chi connectivity index (χ1v) is 5.62. The smallest absolute Gasteiger partial charge is 0.217 e. The fourth-order valence-corrected chi connectivity index (χ4v) is 2.17. The van der Waals surface area contributed by atoms with E-state index in [0.29, 0.717) is 18.2 Å². The first kappa shape index (κ1) is 10.5. The molecule has 3 nitrogen and oxygen atoms in total. The van der Waals surface area contributed by atoms with E-state index in [1.165, 1.54) is 6.07 Å². The number of carbonyl (C=O) groups excluding carboxylic acids is 1. The molecule has 0 saturated heterocycles. The second-order valence-corrected chi connectivity index (χ2v) is 4.61. The van der Waals surface area contributed by atoms with Crippen LogP contribution in [0.25, 0.3) is 11.0 Å². The van der Waals surface area contributed by atoms with Gasteiger partial charge in [-0.2, -0.15) is 0 Å². The number of fused-ring (bicyclic) bond motifs is 1. The molecule has 0 aliphatic heterocycles. The predicted octanol–water partition coefficient (Wildman–Crippen LogP) is 2.64. The highest BCUT2D eigenvalue weighted by Crippen LogP contribution is 2.34. The van der Waals surface area contributed by atoms with Crippen LogP contribution < -0.4 is 5.73 Å². The van der Waals surface area contributed by atoms with Crippen LogP contribution in [0.4, 0.5) is 4.39 Å². The number of hydrogen-bond donors (Lipinski definition) is 1. The van der Waals surface area contributed by atoms with Gasteiger partial charge in [-0.15, -0.1) is 0 Å². The highest BCUT2D eigenvalue weighted by molar-refractivity contribution is 6.04. The van der Waals surface area contributed by atoms with Crippen LogP contribution in [0.1, 0.15) is 29.8 Å². The lowest BCUT2D eigenvalue weighted by Gasteiger charge is -2.35. The standard InChI is InChI=1S/C13H12FNO2/c14-9-4-1-3-8-7-10(17-11(8)9)12(16)13(15)5-2-6-13/h1,3-4,7H,2,5-6,15H2. The molecule has 88 valence electrons. The van der Waals surface area contributed by atoms with Gasteiger partial charge in [0.1, 0.15) is 0 Å². The number of para-hydroxylation sites is 1. The quantitative estimate of drug-likeness (QED) is 0.811. The maximum absolute atomic E-state index is 13.4. The minimum Gasteiger partial charge on any atom is -0.450 e. The van der Waals surface area contributed by atoms with Gasteiger partial charge >= 0.3 is 0 Å². The summed E-state index contributed by atoms with van der Waals surface area (Å²) >= 11 is 0. The summed E-state index contributed by atoms with van der Waals surface area (Å²) < 4.78 is 18.7. The van der Waals surface area contributed by atoms with Crippen molar-refractivity contribution in [3.05, 3.63) is 35.8 Å². The molecule has 0 amide bonds. The van der Waals surface area contributed by atoms with Crippen molar-refractivity contribution >= 4 is 16.8 Å². The van der Waals surface area contributed by atoms with Gasteiger partial charge in [-0.25, -0.2) is 4.39 Å². The van der Waals surface area contributed by atoms with Gasteiger partial charge < -0.3 is 10.2 Å². The molecule has 0 bridgehead atoms. The Balaban J connectivity index is 2.07. The lowest BCUT2D eigenvalue weighted by atomic mass is 9.74. The minimum absolute atomic E-state index is 0.124. The molecular weight excluding hydrogens is 221 g/mol. The number of ketones is 1. The summed E-state index contributed by atoms with van der Waals surface area (Å²) in [6.45, 7) is 0. The molecule has 1 saturated carbocycles. The topological polar surface area (TPSA) is 56.2 Å². The summed E-state index contributed by atoms with van der Waals surface area (Å²) in [5.74, 6) is -0.520. The fourth-order valence-electron chi connectivity index (χ4n) is 2.17. The Morgan fingerprint density at radius 1 is 1.41 bits per heavy atom. The van der Waals surface area contributed by atoms with Gasteiger partial charge in [-0.05, 0) is 31.4 Å². The molecule has 0 spiro atoms. The van der Waals surface area contributed by atoms with Crippen molar-refractivity contribution < 1.29 is 13.6 Å². The summed E-state index contributed by atoms with van der Waals surface area (Å²) in [5, 5.41) is 0.594. The summed E-state index contributed by atoms with van der Waals surface area (Å²) in [5.41, 5.74) is 5.26. The van der Waals surface area contributed by atoms with Gasteiger partial charge in [-0.1, -0.05) is 12.1 Å². The Kier molecular flexibility index (Phi) is 2.10.